The Morgan fingerprint density at radius 2 is 1.57 bits per heavy atom. The molecule has 1 aromatic rings. The number of carbonyl (C=O) groups is 2. The summed E-state index contributed by atoms with van der Waals surface area (Å²) in [6, 6.07) is 8.38. The number of alkyl halides is 2. The smallest absolute Gasteiger partial charge is 0.400 e. The molecule has 21 heavy (non-hydrogen) atoms. The summed E-state index contributed by atoms with van der Waals surface area (Å²) >= 11 is 0. The molecule has 116 valence electrons. The van der Waals surface area contributed by atoms with E-state index in [1.807, 2.05) is 0 Å². The van der Waals surface area contributed by atoms with Crippen molar-refractivity contribution in [3.8, 4) is 0 Å². The predicted molar refractivity (Wildman–Crippen MR) is 75.3 cm³/mol. The van der Waals surface area contributed by atoms with Crippen LogP contribution in [-0.4, -0.2) is 24.3 Å². The topological polar surface area (TPSA) is 43.4 Å². The molecule has 1 rings (SSSR count). The molecule has 1 aromatic carbocycles. The van der Waals surface area contributed by atoms with Gasteiger partial charge in [0.05, 0.1) is 12.0 Å². The molecule has 0 bridgehead atoms. The number of hydrogen-bond acceptors (Lipinski definition) is 3. The van der Waals surface area contributed by atoms with Crippen LogP contribution in [0.15, 0.2) is 30.3 Å². The summed E-state index contributed by atoms with van der Waals surface area (Å²) in [5.74, 6) is -7.32. The number of ether oxygens (including phenoxy) is 1. The molecule has 0 spiro atoms. The van der Waals surface area contributed by atoms with E-state index < -0.39 is 23.1 Å². The Kier molecular flexibility index (Phi) is 5.58. The molecular formula is C16H20F2O3. The number of rotatable bonds is 7. The quantitative estimate of drug-likeness (QED) is 0.571. The summed E-state index contributed by atoms with van der Waals surface area (Å²) in [6.07, 6.45) is 0.364. The second-order valence-electron chi connectivity index (χ2n) is 4.78. The third kappa shape index (κ3) is 3.12. The van der Waals surface area contributed by atoms with Crippen molar-refractivity contribution in [3.05, 3.63) is 35.9 Å². The second-order valence-corrected chi connectivity index (χ2v) is 4.78. The molecule has 3 nitrogen and oxygen atoms in total. The Morgan fingerprint density at radius 3 is 2.00 bits per heavy atom. The van der Waals surface area contributed by atoms with E-state index in [4.69, 9.17) is 0 Å². The molecular weight excluding hydrogens is 278 g/mol. The van der Waals surface area contributed by atoms with Gasteiger partial charge in [0.25, 0.3) is 0 Å². The van der Waals surface area contributed by atoms with Gasteiger partial charge in [0.15, 0.2) is 0 Å². The van der Waals surface area contributed by atoms with Gasteiger partial charge >= 0.3 is 11.9 Å². The average Bonchev–Trinajstić information content (AvgIpc) is 2.50. The van der Waals surface area contributed by atoms with Gasteiger partial charge < -0.3 is 4.74 Å². The number of Topliss-reactive ketones (excluding diaryl/α,β-unsaturated/α-hetero) is 1. The van der Waals surface area contributed by atoms with Crippen molar-refractivity contribution in [1.82, 2.24) is 0 Å². The van der Waals surface area contributed by atoms with E-state index in [1.165, 1.54) is 6.92 Å². The van der Waals surface area contributed by atoms with Gasteiger partial charge in [-0.15, -0.1) is 0 Å². The van der Waals surface area contributed by atoms with E-state index in [0.29, 0.717) is 5.56 Å². The van der Waals surface area contributed by atoms with Crippen molar-refractivity contribution in [2.24, 2.45) is 0 Å². The first kappa shape index (κ1) is 17.3. The van der Waals surface area contributed by atoms with Crippen LogP contribution in [-0.2, 0) is 19.7 Å². The lowest BCUT2D eigenvalue weighted by atomic mass is 9.70. The summed E-state index contributed by atoms with van der Waals surface area (Å²) in [5.41, 5.74) is -0.902. The summed E-state index contributed by atoms with van der Waals surface area (Å²) < 4.78 is 32.6. The molecule has 0 aliphatic rings. The second kappa shape index (κ2) is 6.78. The van der Waals surface area contributed by atoms with Crippen molar-refractivity contribution in [2.45, 2.75) is 45.0 Å². The Morgan fingerprint density at radius 1 is 1.05 bits per heavy atom. The minimum atomic E-state index is -4.14. The molecule has 0 atom stereocenters. The summed E-state index contributed by atoms with van der Waals surface area (Å²) in [7, 11) is 0. The standard InChI is InChI=1S/C16H20F2O3/c1-4-15(5-2,12-10-8-7-9-11-12)13(19)16(17,18)14(20)21-6-3/h7-11H,4-6H2,1-3H3. The maximum absolute atomic E-state index is 14.1. The molecule has 0 aromatic heterocycles. The zero-order valence-electron chi connectivity index (χ0n) is 12.5. The number of hydrogen-bond donors (Lipinski definition) is 0. The largest absolute Gasteiger partial charge is 0.461 e. The maximum atomic E-state index is 14.1. The molecule has 0 saturated carbocycles. The monoisotopic (exact) mass is 298 g/mol. The zero-order valence-corrected chi connectivity index (χ0v) is 12.5. The van der Waals surface area contributed by atoms with E-state index in [0.717, 1.165) is 0 Å². The minimum absolute atomic E-state index is 0.182. The molecule has 0 aliphatic heterocycles. The van der Waals surface area contributed by atoms with Gasteiger partial charge in [0.2, 0.25) is 5.78 Å². The van der Waals surface area contributed by atoms with Crippen LogP contribution in [0.3, 0.4) is 0 Å². The first-order valence-electron chi connectivity index (χ1n) is 7.02. The number of esters is 1. The minimum Gasteiger partial charge on any atom is -0.461 e. The van der Waals surface area contributed by atoms with Crippen molar-refractivity contribution >= 4 is 11.8 Å². The van der Waals surface area contributed by atoms with Gasteiger partial charge in [0, 0.05) is 0 Å². The Bertz CT molecular complexity index is 494. The van der Waals surface area contributed by atoms with E-state index in [-0.39, 0.29) is 19.4 Å². The molecule has 0 saturated heterocycles. The highest BCUT2D eigenvalue weighted by Gasteiger charge is 2.57. The molecule has 0 N–H and O–H groups in total. The van der Waals surface area contributed by atoms with Crippen LogP contribution in [0.2, 0.25) is 0 Å². The lowest BCUT2D eigenvalue weighted by molar-refractivity contribution is -0.179. The SMILES string of the molecule is CCOC(=O)C(F)(F)C(=O)C(CC)(CC)c1ccccc1. The van der Waals surface area contributed by atoms with E-state index in [2.05, 4.69) is 4.74 Å². The fourth-order valence-corrected chi connectivity index (χ4v) is 2.48. The van der Waals surface area contributed by atoms with Crippen LogP contribution in [0.5, 0.6) is 0 Å². The fraction of sp³-hybridized carbons (Fsp3) is 0.500. The highest BCUT2D eigenvalue weighted by Crippen LogP contribution is 2.38. The number of carbonyl (C=O) groups excluding carboxylic acids is 2. The number of halogens is 2. The van der Waals surface area contributed by atoms with Gasteiger partial charge in [-0.3, -0.25) is 4.79 Å². The van der Waals surface area contributed by atoms with Gasteiger partial charge in [-0.25, -0.2) is 4.79 Å². The van der Waals surface area contributed by atoms with Crippen LogP contribution in [0, 0.1) is 0 Å². The normalized spacial score (nSPS) is 12.0. The fourth-order valence-electron chi connectivity index (χ4n) is 2.48. The van der Waals surface area contributed by atoms with Gasteiger partial charge in [0.1, 0.15) is 0 Å². The average molecular weight is 298 g/mol. The Labute approximate surface area is 123 Å². The summed E-state index contributed by atoms with van der Waals surface area (Å²) in [4.78, 5) is 23.8. The van der Waals surface area contributed by atoms with E-state index in [1.54, 1.807) is 44.2 Å². The summed E-state index contributed by atoms with van der Waals surface area (Å²) in [5, 5.41) is 0. The molecule has 0 radical (unpaired) electrons. The van der Waals surface area contributed by atoms with Crippen molar-refractivity contribution < 1.29 is 23.1 Å². The number of benzene rings is 1. The zero-order chi connectivity index (χ0) is 16.1. The lowest BCUT2D eigenvalue weighted by Gasteiger charge is -2.33. The third-order valence-electron chi connectivity index (χ3n) is 3.79. The van der Waals surface area contributed by atoms with Crippen molar-refractivity contribution in [3.63, 3.8) is 0 Å². The van der Waals surface area contributed by atoms with Crippen molar-refractivity contribution in [2.75, 3.05) is 6.61 Å². The molecule has 0 amide bonds. The third-order valence-corrected chi connectivity index (χ3v) is 3.79. The molecule has 0 fully saturated rings. The highest BCUT2D eigenvalue weighted by molar-refractivity contribution is 6.10. The molecule has 0 aliphatic carbocycles. The number of ketones is 1. The molecule has 5 heteroatoms. The van der Waals surface area contributed by atoms with Gasteiger partial charge in [-0.2, -0.15) is 8.78 Å². The first-order valence-corrected chi connectivity index (χ1v) is 7.02. The molecule has 0 heterocycles. The maximum Gasteiger partial charge on any atom is 0.400 e. The van der Waals surface area contributed by atoms with Crippen LogP contribution in [0.1, 0.15) is 39.2 Å². The van der Waals surface area contributed by atoms with Crippen LogP contribution < -0.4 is 0 Å². The van der Waals surface area contributed by atoms with E-state index in [9.17, 15) is 18.4 Å². The van der Waals surface area contributed by atoms with Crippen LogP contribution in [0.4, 0.5) is 8.78 Å². The first-order chi connectivity index (χ1) is 9.86. The van der Waals surface area contributed by atoms with Crippen molar-refractivity contribution in [1.29, 1.82) is 0 Å². The Balaban J connectivity index is 3.29. The van der Waals surface area contributed by atoms with Gasteiger partial charge in [-0.1, -0.05) is 44.2 Å². The van der Waals surface area contributed by atoms with Gasteiger partial charge in [-0.05, 0) is 25.3 Å². The van der Waals surface area contributed by atoms with Crippen LogP contribution >= 0.6 is 0 Å². The van der Waals surface area contributed by atoms with Crippen LogP contribution in [0.25, 0.3) is 0 Å². The highest BCUT2D eigenvalue weighted by atomic mass is 19.3. The Hall–Kier alpha value is -1.78. The predicted octanol–water partition coefficient (Wildman–Crippen LogP) is 3.51. The van der Waals surface area contributed by atoms with E-state index >= 15 is 0 Å². The summed E-state index contributed by atoms with van der Waals surface area (Å²) in [6.45, 7) is 4.55. The molecule has 0 unspecified atom stereocenters. The lowest BCUT2D eigenvalue weighted by Crippen LogP contribution is -2.50.